The molecule has 0 saturated heterocycles. The van der Waals surface area contributed by atoms with Gasteiger partial charge in [0.05, 0.1) is 21.8 Å². The van der Waals surface area contributed by atoms with Crippen LogP contribution in [0.2, 0.25) is 5.02 Å². The highest BCUT2D eigenvalue weighted by Crippen LogP contribution is 2.31. The molecule has 0 bridgehead atoms. The molecular formula is C15H13ClN2O2S. The lowest BCUT2D eigenvalue weighted by molar-refractivity contribution is 0.590. The van der Waals surface area contributed by atoms with E-state index in [4.69, 9.17) is 11.6 Å². The number of para-hydroxylation sites is 2. The van der Waals surface area contributed by atoms with Crippen molar-refractivity contribution in [1.29, 1.82) is 0 Å². The number of imidazole rings is 1. The zero-order valence-electron chi connectivity index (χ0n) is 11.3. The van der Waals surface area contributed by atoms with Crippen LogP contribution >= 0.6 is 11.6 Å². The van der Waals surface area contributed by atoms with Crippen LogP contribution in [0, 0.1) is 0 Å². The van der Waals surface area contributed by atoms with Gasteiger partial charge in [-0.3, -0.25) is 0 Å². The molecule has 0 amide bonds. The molecule has 0 saturated carbocycles. The van der Waals surface area contributed by atoms with Gasteiger partial charge < -0.3 is 0 Å². The average molecular weight is 321 g/mol. The maximum absolute atomic E-state index is 12.5. The molecule has 1 heterocycles. The first-order chi connectivity index (χ1) is 10.0. The molecule has 2 aromatic carbocycles. The Morgan fingerprint density at radius 3 is 2.48 bits per heavy atom. The Hall–Kier alpha value is -1.85. The average Bonchev–Trinajstić information content (AvgIpc) is 2.87. The smallest absolute Gasteiger partial charge is 0.227 e. The predicted octanol–water partition coefficient (Wildman–Crippen LogP) is 3.55. The predicted molar refractivity (Wildman–Crippen MR) is 85.0 cm³/mol. The minimum Gasteiger partial charge on any atom is -0.227 e. The maximum Gasteiger partial charge on any atom is 0.240 e. The summed E-state index contributed by atoms with van der Waals surface area (Å²) in [5.74, 6) is 0.341. The molecule has 0 unspecified atom stereocenters. The second-order valence-corrected chi connectivity index (χ2v) is 7.08. The lowest BCUT2D eigenvalue weighted by Gasteiger charge is -2.09. The number of hydrogen-bond donors (Lipinski definition) is 0. The lowest BCUT2D eigenvalue weighted by atomic mass is 10.2. The molecule has 6 heteroatoms. The number of hydrogen-bond acceptors (Lipinski definition) is 3. The Morgan fingerprint density at radius 1 is 1.10 bits per heavy atom. The van der Waals surface area contributed by atoms with Crippen LogP contribution < -0.4 is 0 Å². The summed E-state index contributed by atoms with van der Waals surface area (Å²) in [6.45, 7) is 1.61. The van der Waals surface area contributed by atoms with Crippen LogP contribution in [0.5, 0.6) is 0 Å². The van der Waals surface area contributed by atoms with Gasteiger partial charge in [0.1, 0.15) is 0 Å². The summed E-state index contributed by atoms with van der Waals surface area (Å²) in [5.41, 5.74) is 1.80. The van der Waals surface area contributed by atoms with Crippen molar-refractivity contribution in [1.82, 2.24) is 8.96 Å². The Balaban J connectivity index is 2.44. The van der Waals surface area contributed by atoms with E-state index in [0.717, 1.165) is 0 Å². The van der Waals surface area contributed by atoms with E-state index in [0.29, 0.717) is 27.4 Å². The highest BCUT2D eigenvalue weighted by atomic mass is 35.5. The van der Waals surface area contributed by atoms with E-state index in [1.807, 2.05) is 12.1 Å². The van der Waals surface area contributed by atoms with Crippen molar-refractivity contribution in [2.75, 3.05) is 5.75 Å². The highest BCUT2D eigenvalue weighted by Gasteiger charge is 2.22. The summed E-state index contributed by atoms with van der Waals surface area (Å²) >= 11 is 6.20. The van der Waals surface area contributed by atoms with Gasteiger partial charge in [-0.15, -0.1) is 0 Å². The normalized spacial score (nSPS) is 11.9. The van der Waals surface area contributed by atoms with Gasteiger partial charge in [0, 0.05) is 5.56 Å². The van der Waals surface area contributed by atoms with E-state index in [1.54, 1.807) is 43.3 Å². The van der Waals surface area contributed by atoms with Crippen LogP contribution in [0.1, 0.15) is 6.92 Å². The molecule has 1 aromatic heterocycles. The Labute approximate surface area is 128 Å². The van der Waals surface area contributed by atoms with E-state index in [2.05, 4.69) is 4.98 Å². The molecule has 0 aliphatic heterocycles. The molecule has 3 aromatic rings. The second-order valence-electron chi connectivity index (χ2n) is 4.57. The van der Waals surface area contributed by atoms with Crippen molar-refractivity contribution >= 4 is 32.7 Å². The highest BCUT2D eigenvalue weighted by molar-refractivity contribution is 7.90. The third-order valence-corrected chi connectivity index (χ3v) is 5.26. The minimum absolute atomic E-state index is 0.00912. The SMILES string of the molecule is CCS(=O)(=O)n1c(-c2ccccc2Cl)nc2ccccc21. The van der Waals surface area contributed by atoms with Gasteiger partial charge in [0.25, 0.3) is 0 Å². The number of aromatic nitrogens is 2. The van der Waals surface area contributed by atoms with Crippen LogP contribution in [0.25, 0.3) is 22.4 Å². The number of halogens is 1. The fourth-order valence-corrected chi connectivity index (χ4v) is 3.56. The zero-order chi connectivity index (χ0) is 15.0. The summed E-state index contributed by atoms with van der Waals surface area (Å²) in [6, 6.07) is 14.3. The molecule has 108 valence electrons. The monoisotopic (exact) mass is 320 g/mol. The van der Waals surface area contributed by atoms with E-state index in [-0.39, 0.29) is 5.75 Å². The molecule has 0 atom stereocenters. The van der Waals surface area contributed by atoms with Crippen LogP contribution in [0.15, 0.2) is 48.5 Å². The van der Waals surface area contributed by atoms with Gasteiger partial charge >= 0.3 is 0 Å². The molecule has 21 heavy (non-hydrogen) atoms. The van der Waals surface area contributed by atoms with E-state index in [9.17, 15) is 8.42 Å². The first-order valence-electron chi connectivity index (χ1n) is 6.50. The largest absolute Gasteiger partial charge is 0.240 e. The van der Waals surface area contributed by atoms with Crippen LogP contribution in [-0.4, -0.2) is 23.1 Å². The number of rotatable bonds is 3. The van der Waals surface area contributed by atoms with Crippen molar-refractivity contribution in [3.8, 4) is 11.4 Å². The van der Waals surface area contributed by atoms with Gasteiger partial charge in [-0.2, -0.15) is 0 Å². The van der Waals surface area contributed by atoms with Gasteiger partial charge in [-0.1, -0.05) is 35.9 Å². The third kappa shape index (κ3) is 2.32. The van der Waals surface area contributed by atoms with Crippen molar-refractivity contribution in [3.63, 3.8) is 0 Å². The molecule has 0 N–H and O–H groups in total. The van der Waals surface area contributed by atoms with Crippen LogP contribution in [0.4, 0.5) is 0 Å². The molecule has 4 nitrogen and oxygen atoms in total. The van der Waals surface area contributed by atoms with Crippen molar-refractivity contribution < 1.29 is 8.42 Å². The van der Waals surface area contributed by atoms with Crippen molar-refractivity contribution in [2.24, 2.45) is 0 Å². The number of fused-ring (bicyclic) bond motifs is 1. The molecule has 0 radical (unpaired) electrons. The summed E-state index contributed by atoms with van der Waals surface area (Å²) in [7, 11) is -3.48. The number of nitrogens with zero attached hydrogens (tertiary/aromatic N) is 2. The topological polar surface area (TPSA) is 52.0 Å². The molecule has 0 fully saturated rings. The van der Waals surface area contributed by atoms with Crippen molar-refractivity contribution in [3.05, 3.63) is 53.6 Å². The third-order valence-electron chi connectivity index (χ3n) is 3.28. The minimum atomic E-state index is -3.48. The quantitative estimate of drug-likeness (QED) is 0.741. The first-order valence-corrected chi connectivity index (χ1v) is 8.49. The Kier molecular flexibility index (Phi) is 3.47. The van der Waals surface area contributed by atoms with E-state index < -0.39 is 10.0 Å². The van der Waals surface area contributed by atoms with Crippen LogP contribution in [0.3, 0.4) is 0 Å². The summed E-state index contributed by atoms with van der Waals surface area (Å²) in [5, 5.41) is 0.473. The van der Waals surface area contributed by atoms with Gasteiger partial charge in [0.15, 0.2) is 5.82 Å². The molecule has 0 aliphatic rings. The Morgan fingerprint density at radius 2 is 1.76 bits per heavy atom. The summed E-state index contributed by atoms with van der Waals surface area (Å²) < 4.78 is 26.2. The fraction of sp³-hybridized carbons (Fsp3) is 0.133. The first kappa shape index (κ1) is 14.1. The standard InChI is InChI=1S/C15H13ClN2O2S/c1-2-21(19,20)18-14-10-6-5-9-13(14)17-15(18)11-7-3-4-8-12(11)16/h3-10H,2H2,1H3. The number of benzene rings is 2. The van der Waals surface area contributed by atoms with E-state index >= 15 is 0 Å². The second kappa shape index (κ2) is 5.16. The lowest BCUT2D eigenvalue weighted by Crippen LogP contribution is -2.16. The van der Waals surface area contributed by atoms with Gasteiger partial charge in [0.2, 0.25) is 10.0 Å². The van der Waals surface area contributed by atoms with Gasteiger partial charge in [-0.05, 0) is 31.2 Å². The summed E-state index contributed by atoms with van der Waals surface area (Å²) in [6.07, 6.45) is 0. The van der Waals surface area contributed by atoms with Gasteiger partial charge in [-0.25, -0.2) is 17.4 Å². The maximum atomic E-state index is 12.5. The zero-order valence-corrected chi connectivity index (χ0v) is 12.9. The van der Waals surface area contributed by atoms with Crippen LogP contribution in [-0.2, 0) is 10.0 Å². The molecule has 0 spiro atoms. The molecular weight excluding hydrogens is 308 g/mol. The fourth-order valence-electron chi connectivity index (χ4n) is 2.23. The van der Waals surface area contributed by atoms with Crippen molar-refractivity contribution in [2.45, 2.75) is 6.92 Å². The molecule has 0 aliphatic carbocycles. The van der Waals surface area contributed by atoms with E-state index in [1.165, 1.54) is 3.97 Å². The molecule has 3 rings (SSSR count). The summed E-state index contributed by atoms with van der Waals surface area (Å²) in [4.78, 5) is 4.46. The Bertz CT molecular complexity index is 916.